The Balaban J connectivity index is 2.10. The van der Waals surface area contributed by atoms with E-state index in [1.54, 1.807) is 0 Å². The first kappa shape index (κ1) is 13.0. The maximum Gasteiger partial charge on any atom is 0.0549 e. The van der Waals surface area contributed by atoms with Gasteiger partial charge in [0.1, 0.15) is 0 Å². The largest absolute Gasteiger partial charge is 0.393 e. The van der Waals surface area contributed by atoms with Crippen LogP contribution >= 0.6 is 0 Å². The lowest BCUT2D eigenvalue weighted by atomic mass is 10.0. The van der Waals surface area contributed by atoms with E-state index < -0.39 is 0 Å². The molecule has 2 nitrogen and oxygen atoms in total. The third kappa shape index (κ3) is 5.53. The number of rotatable bonds is 5. The van der Waals surface area contributed by atoms with Crippen molar-refractivity contribution in [2.24, 2.45) is 5.92 Å². The van der Waals surface area contributed by atoms with Gasteiger partial charge in [0.25, 0.3) is 0 Å². The van der Waals surface area contributed by atoms with Gasteiger partial charge < -0.3 is 10.4 Å². The smallest absolute Gasteiger partial charge is 0.0549 e. The summed E-state index contributed by atoms with van der Waals surface area (Å²) in [5.74, 6) is 0.915. The molecule has 15 heavy (non-hydrogen) atoms. The van der Waals surface area contributed by atoms with Crippen molar-refractivity contribution in [2.45, 2.75) is 70.9 Å². The Kier molecular flexibility index (Phi) is 6.26. The molecule has 0 bridgehead atoms. The van der Waals surface area contributed by atoms with E-state index in [4.69, 9.17) is 0 Å². The molecular weight excluding hydrogens is 186 g/mol. The topological polar surface area (TPSA) is 32.3 Å². The van der Waals surface area contributed by atoms with Gasteiger partial charge in [-0.2, -0.15) is 0 Å². The lowest BCUT2D eigenvalue weighted by molar-refractivity contribution is 0.158. The van der Waals surface area contributed by atoms with E-state index in [0.29, 0.717) is 6.04 Å². The Hall–Kier alpha value is -0.0800. The van der Waals surface area contributed by atoms with Crippen LogP contribution in [-0.2, 0) is 0 Å². The molecule has 3 unspecified atom stereocenters. The molecule has 0 aromatic heterocycles. The standard InChI is InChI=1S/C13H27NO/c1-3-13(15)9-10-14-12-6-4-5-11(2)7-8-12/h11-15H,3-10H2,1-2H3. The molecule has 1 rings (SSSR count). The molecule has 2 heteroatoms. The predicted octanol–water partition coefficient (Wildman–Crippen LogP) is 2.71. The number of aliphatic hydroxyl groups excluding tert-OH is 1. The zero-order valence-electron chi connectivity index (χ0n) is 10.3. The van der Waals surface area contributed by atoms with E-state index in [0.717, 1.165) is 25.3 Å². The number of aliphatic hydroxyl groups is 1. The van der Waals surface area contributed by atoms with Crippen molar-refractivity contribution >= 4 is 0 Å². The molecule has 3 atom stereocenters. The molecule has 0 aliphatic heterocycles. The summed E-state index contributed by atoms with van der Waals surface area (Å²) in [4.78, 5) is 0. The second kappa shape index (κ2) is 7.24. The van der Waals surface area contributed by atoms with Gasteiger partial charge in [-0.15, -0.1) is 0 Å². The van der Waals surface area contributed by atoms with Gasteiger partial charge >= 0.3 is 0 Å². The van der Waals surface area contributed by atoms with E-state index in [2.05, 4.69) is 12.2 Å². The number of nitrogens with one attached hydrogen (secondary N) is 1. The van der Waals surface area contributed by atoms with Crippen LogP contribution in [0.5, 0.6) is 0 Å². The van der Waals surface area contributed by atoms with E-state index >= 15 is 0 Å². The molecule has 0 radical (unpaired) electrons. The molecule has 1 aliphatic rings. The second-order valence-electron chi connectivity index (χ2n) is 5.12. The Morgan fingerprint density at radius 3 is 2.80 bits per heavy atom. The minimum Gasteiger partial charge on any atom is -0.393 e. The van der Waals surface area contributed by atoms with E-state index in [1.165, 1.54) is 32.1 Å². The van der Waals surface area contributed by atoms with E-state index in [-0.39, 0.29) is 6.10 Å². The maximum absolute atomic E-state index is 9.45. The minimum absolute atomic E-state index is 0.109. The van der Waals surface area contributed by atoms with Crippen molar-refractivity contribution in [3.05, 3.63) is 0 Å². The SMILES string of the molecule is CCC(O)CCNC1CCCC(C)CC1. The van der Waals surface area contributed by atoms with Crippen molar-refractivity contribution < 1.29 is 5.11 Å². The van der Waals surface area contributed by atoms with Gasteiger partial charge in [-0.25, -0.2) is 0 Å². The first-order valence-corrected chi connectivity index (χ1v) is 6.63. The lowest BCUT2D eigenvalue weighted by Gasteiger charge is -2.17. The monoisotopic (exact) mass is 213 g/mol. The fourth-order valence-electron chi connectivity index (χ4n) is 2.35. The van der Waals surface area contributed by atoms with Crippen LogP contribution in [0.1, 0.15) is 58.8 Å². The lowest BCUT2D eigenvalue weighted by Crippen LogP contribution is -2.31. The van der Waals surface area contributed by atoms with E-state index in [1.807, 2.05) is 6.92 Å². The van der Waals surface area contributed by atoms with Crippen LogP contribution in [0.2, 0.25) is 0 Å². The molecule has 90 valence electrons. The van der Waals surface area contributed by atoms with Crippen molar-refractivity contribution in [1.29, 1.82) is 0 Å². The third-order valence-corrected chi connectivity index (χ3v) is 3.64. The minimum atomic E-state index is -0.109. The Bertz CT molecular complexity index is 161. The van der Waals surface area contributed by atoms with Crippen LogP contribution in [0.25, 0.3) is 0 Å². The molecule has 0 amide bonds. The molecule has 2 N–H and O–H groups in total. The van der Waals surface area contributed by atoms with Crippen LogP contribution in [-0.4, -0.2) is 23.8 Å². The van der Waals surface area contributed by atoms with Crippen molar-refractivity contribution in [3.63, 3.8) is 0 Å². The van der Waals surface area contributed by atoms with Gasteiger partial charge in [-0.1, -0.05) is 26.7 Å². The second-order valence-corrected chi connectivity index (χ2v) is 5.12. The highest BCUT2D eigenvalue weighted by Crippen LogP contribution is 2.22. The van der Waals surface area contributed by atoms with Crippen LogP contribution < -0.4 is 5.32 Å². The van der Waals surface area contributed by atoms with Crippen molar-refractivity contribution in [2.75, 3.05) is 6.54 Å². The number of hydrogen-bond donors (Lipinski definition) is 2. The van der Waals surface area contributed by atoms with Crippen LogP contribution in [0.4, 0.5) is 0 Å². The van der Waals surface area contributed by atoms with Gasteiger partial charge in [0.2, 0.25) is 0 Å². The summed E-state index contributed by atoms with van der Waals surface area (Å²) in [7, 11) is 0. The summed E-state index contributed by atoms with van der Waals surface area (Å²) < 4.78 is 0. The van der Waals surface area contributed by atoms with Crippen LogP contribution in [0.15, 0.2) is 0 Å². The summed E-state index contributed by atoms with van der Waals surface area (Å²) in [6, 6.07) is 0.707. The molecule has 1 saturated carbocycles. The average molecular weight is 213 g/mol. The van der Waals surface area contributed by atoms with Gasteiger partial charge in [-0.05, 0) is 44.6 Å². The predicted molar refractivity (Wildman–Crippen MR) is 65.0 cm³/mol. The first-order valence-electron chi connectivity index (χ1n) is 6.63. The summed E-state index contributed by atoms with van der Waals surface area (Å²) in [6.45, 7) is 5.38. The van der Waals surface area contributed by atoms with Gasteiger partial charge in [-0.3, -0.25) is 0 Å². The quantitative estimate of drug-likeness (QED) is 0.688. The summed E-state index contributed by atoms with van der Waals surface area (Å²) in [5, 5.41) is 13.0. The fourth-order valence-corrected chi connectivity index (χ4v) is 2.35. The highest BCUT2D eigenvalue weighted by Gasteiger charge is 2.15. The van der Waals surface area contributed by atoms with Crippen LogP contribution in [0, 0.1) is 5.92 Å². The summed E-state index contributed by atoms with van der Waals surface area (Å²) in [6.07, 6.45) is 8.46. The fraction of sp³-hybridized carbons (Fsp3) is 1.00. The molecule has 0 aromatic rings. The molecule has 0 saturated heterocycles. The Morgan fingerprint density at radius 2 is 2.07 bits per heavy atom. The zero-order chi connectivity index (χ0) is 11.1. The number of hydrogen-bond acceptors (Lipinski definition) is 2. The van der Waals surface area contributed by atoms with Crippen molar-refractivity contribution in [1.82, 2.24) is 5.32 Å². The molecule has 0 heterocycles. The molecule has 1 fully saturated rings. The summed E-state index contributed by atoms with van der Waals surface area (Å²) in [5.41, 5.74) is 0. The van der Waals surface area contributed by atoms with Crippen LogP contribution in [0.3, 0.4) is 0 Å². The highest BCUT2D eigenvalue weighted by molar-refractivity contribution is 4.73. The highest BCUT2D eigenvalue weighted by atomic mass is 16.3. The normalized spacial score (nSPS) is 29.8. The van der Waals surface area contributed by atoms with Gasteiger partial charge in [0.05, 0.1) is 6.10 Å². The first-order chi connectivity index (χ1) is 7.22. The Morgan fingerprint density at radius 1 is 1.27 bits per heavy atom. The van der Waals surface area contributed by atoms with Gasteiger partial charge in [0.15, 0.2) is 0 Å². The summed E-state index contributed by atoms with van der Waals surface area (Å²) >= 11 is 0. The Labute approximate surface area is 94.5 Å². The zero-order valence-corrected chi connectivity index (χ0v) is 10.3. The average Bonchev–Trinajstić information content (AvgIpc) is 2.43. The van der Waals surface area contributed by atoms with Gasteiger partial charge in [0, 0.05) is 6.04 Å². The molecule has 0 aromatic carbocycles. The van der Waals surface area contributed by atoms with Crippen molar-refractivity contribution in [3.8, 4) is 0 Å². The maximum atomic E-state index is 9.45. The third-order valence-electron chi connectivity index (χ3n) is 3.64. The molecule has 0 spiro atoms. The molecular formula is C13H27NO. The molecule has 1 aliphatic carbocycles. The van der Waals surface area contributed by atoms with E-state index in [9.17, 15) is 5.11 Å².